The summed E-state index contributed by atoms with van der Waals surface area (Å²) in [5, 5.41) is 2.54. The Labute approximate surface area is 89.6 Å². The summed E-state index contributed by atoms with van der Waals surface area (Å²) in [4.78, 5) is 1.60. The van der Waals surface area contributed by atoms with Crippen molar-refractivity contribution in [2.45, 2.75) is 26.2 Å². The average Bonchev–Trinajstić information content (AvgIpc) is 2.40. The minimum absolute atomic E-state index is 0.0183. The van der Waals surface area contributed by atoms with E-state index in [1.807, 2.05) is 0 Å². The monoisotopic (exact) mass is 212 g/mol. The van der Waals surface area contributed by atoms with Gasteiger partial charge in [-0.25, -0.2) is 10.9 Å². The number of thiol groups is 1. The highest BCUT2D eigenvalue weighted by molar-refractivity contribution is 8.23. The van der Waals surface area contributed by atoms with Crippen LogP contribution in [0.1, 0.15) is 26.2 Å². The summed E-state index contributed by atoms with van der Waals surface area (Å²) in [5.41, 5.74) is 1.64. The molecule has 0 saturated heterocycles. The number of rotatable bonds is 4. The third-order valence-electron chi connectivity index (χ3n) is 3.25. The molecule has 14 heavy (non-hydrogen) atoms. The summed E-state index contributed by atoms with van der Waals surface area (Å²) >= 11 is 0. The first-order valence-corrected chi connectivity index (χ1v) is 7.06. The molecule has 0 radical (unpaired) electrons. The van der Waals surface area contributed by atoms with E-state index in [2.05, 4.69) is 18.4 Å². The Morgan fingerprint density at radius 2 is 2.29 bits per heavy atom. The van der Waals surface area contributed by atoms with Crippen LogP contribution >= 0.6 is 10.9 Å². The summed E-state index contributed by atoms with van der Waals surface area (Å²) in [7, 11) is 1.81. The molecule has 1 saturated carbocycles. The van der Waals surface area contributed by atoms with Crippen molar-refractivity contribution >= 4 is 10.9 Å². The fraction of sp³-hybridized carbons (Fsp3) is 0.667. The third-order valence-corrected chi connectivity index (χ3v) is 5.56. The van der Waals surface area contributed by atoms with Crippen LogP contribution < -0.4 is 0 Å². The van der Waals surface area contributed by atoms with Crippen molar-refractivity contribution in [2.24, 2.45) is 5.92 Å². The Balaban J connectivity index is 1.93. The lowest BCUT2D eigenvalue weighted by Gasteiger charge is -2.25. The zero-order valence-corrected chi connectivity index (χ0v) is 10.0. The number of hydrogen-bond acceptors (Lipinski definition) is 1. The normalized spacial score (nSPS) is 29.7. The molecule has 2 rings (SSSR count). The van der Waals surface area contributed by atoms with E-state index >= 15 is 0 Å². The molecule has 1 aliphatic carbocycles. The molecule has 0 aromatic rings. The van der Waals surface area contributed by atoms with Gasteiger partial charge < -0.3 is 4.74 Å². The van der Waals surface area contributed by atoms with Gasteiger partial charge in [-0.1, -0.05) is 12.5 Å². The molecule has 0 bridgehead atoms. The van der Waals surface area contributed by atoms with Gasteiger partial charge in [0.2, 0.25) is 0 Å². The van der Waals surface area contributed by atoms with Crippen LogP contribution in [0.2, 0.25) is 0 Å². The van der Waals surface area contributed by atoms with E-state index in [4.69, 9.17) is 4.74 Å². The minimum Gasteiger partial charge on any atom is -0.384 e. The Bertz CT molecular complexity index is 263. The number of allylic oxidation sites excluding steroid dienone is 3. The third kappa shape index (κ3) is 2.06. The summed E-state index contributed by atoms with van der Waals surface area (Å²) in [6.07, 6.45) is 6.71. The lowest BCUT2D eigenvalue weighted by molar-refractivity contribution is 0.218. The first-order valence-electron chi connectivity index (χ1n) is 5.47. The van der Waals surface area contributed by atoms with E-state index in [-0.39, 0.29) is 10.9 Å². The highest BCUT2D eigenvalue weighted by Gasteiger charge is 2.24. The molecule has 1 aliphatic heterocycles. The molecule has 0 aromatic heterocycles. The molecular formula is C12H20OS. The highest BCUT2D eigenvalue weighted by atomic mass is 32.2. The van der Waals surface area contributed by atoms with Crippen LogP contribution in [0, 0.1) is 5.92 Å². The molecule has 1 unspecified atom stereocenters. The number of methoxy groups -OCH3 is 1. The van der Waals surface area contributed by atoms with Crippen molar-refractivity contribution in [3.05, 3.63) is 22.0 Å². The van der Waals surface area contributed by atoms with Gasteiger partial charge in [-0.2, -0.15) is 0 Å². The molecule has 1 heterocycles. The molecule has 0 amide bonds. The molecule has 0 N–H and O–H groups in total. The maximum Gasteiger partial charge on any atom is 0.0542 e. The second-order valence-corrected chi connectivity index (χ2v) is 6.58. The van der Waals surface area contributed by atoms with Crippen molar-refractivity contribution < 1.29 is 4.74 Å². The topological polar surface area (TPSA) is 9.23 Å². The SMILES string of the molecule is COCC[SH]1C=C(C2CCC2)C=C1C. The molecule has 0 spiro atoms. The van der Waals surface area contributed by atoms with Gasteiger partial charge in [0.15, 0.2) is 0 Å². The van der Waals surface area contributed by atoms with Crippen molar-refractivity contribution in [1.29, 1.82) is 0 Å². The van der Waals surface area contributed by atoms with Crippen LogP contribution in [0.15, 0.2) is 22.0 Å². The average molecular weight is 212 g/mol. The van der Waals surface area contributed by atoms with Crippen LogP contribution in [0.4, 0.5) is 0 Å². The lowest BCUT2D eigenvalue weighted by Crippen LogP contribution is -2.11. The van der Waals surface area contributed by atoms with E-state index < -0.39 is 0 Å². The van der Waals surface area contributed by atoms with Gasteiger partial charge in [0.05, 0.1) is 6.61 Å². The second kappa shape index (κ2) is 4.54. The van der Waals surface area contributed by atoms with Gasteiger partial charge in [0.1, 0.15) is 0 Å². The molecule has 2 aliphatic rings. The van der Waals surface area contributed by atoms with Gasteiger partial charge >= 0.3 is 0 Å². The van der Waals surface area contributed by atoms with Gasteiger partial charge in [0.25, 0.3) is 0 Å². The van der Waals surface area contributed by atoms with Gasteiger partial charge in [-0.05, 0) is 41.6 Å². The van der Waals surface area contributed by atoms with Crippen LogP contribution in [0.3, 0.4) is 0 Å². The van der Waals surface area contributed by atoms with Crippen molar-refractivity contribution in [3.8, 4) is 0 Å². The highest BCUT2D eigenvalue weighted by Crippen LogP contribution is 2.48. The summed E-state index contributed by atoms with van der Waals surface area (Å²) in [6, 6.07) is 0. The van der Waals surface area contributed by atoms with Crippen LogP contribution in [0.5, 0.6) is 0 Å². The van der Waals surface area contributed by atoms with E-state index in [0.29, 0.717) is 0 Å². The van der Waals surface area contributed by atoms with E-state index in [0.717, 1.165) is 12.5 Å². The first kappa shape index (κ1) is 10.3. The first-order chi connectivity index (χ1) is 6.81. The fourth-order valence-electron chi connectivity index (χ4n) is 2.04. The van der Waals surface area contributed by atoms with Gasteiger partial charge in [-0.15, -0.1) is 0 Å². The van der Waals surface area contributed by atoms with Gasteiger partial charge in [-0.3, -0.25) is 0 Å². The largest absolute Gasteiger partial charge is 0.384 e. The molecule has 1 atom stereocenters. The Hall–Kier alpha value is -0.210. The summed E-state index contributed by atoms with van der Waals surface area (Å²) in [5.74, 6) is 2.12. The summed E-state index contributed by atoms with van der Waals surface area (Å²) < 4.78 is 5.15. The molecule has 2 heteroatoms. The quantitative estimate of drug-likeness (QED) is 0.704. The fourth-order valence-corrected chi connectivity index (χ4v) is 4.06. The smallest absolute Gasteiger partial charge is 0.0542 e. The standard InChI is InChI=1S/C12H20OS/c1-10-8-12(11-4-3-5-11)9-14(10)7-6-13-2/h8-9,11,14H,3-7H2,1-2H3. The second-order valence-electron chi connectivity index (χ2n) is 4.23. The molecule has 80 valence electrons. The minimum atomic E-state index is 0.0183. The van der Waals surface area contributed by atoms with E-state index in [9.17, 15) is 0 Å². The maximum atomic E-state index is 5.15. The Kier molecular flexibility index (Phi) is 3.34. The van der Waals surface area contributed by atoms with E-state index in [1.165, 1.54) is 25.0 Å². The van der Waals surface area contributed by atoms with Crippen molar-refractivity contribution in [3.63, 3.8) is 0 Å². The predicted octanol–water partition coefficient (Wildman–Crippen LogP) is 3.24. The van der Waals surface area contributed by atoms with Crippen molar-refractivity contribution in [1.82, 2.24) is 0 Å². The molecular weight excluding hydrogens is 192 g/mol. The van der Waals surface area contributed by atoms with Crippen LogP contribution in [0.25, 0.3) is 0 Å². The van der Waals surface area contributed by atoms with Gasteiger partial charge in [0, 0.05) is 12.9 Å². The zero-order valence-electron chi connectivity index (χ0n) is 9.12. The number of hydrogen-bond donors (Lipinski definition) is 1. The molecule has 0 aromatic carbocycles. The van der Waals surface area contributed by atoms with Crippen molar-refractivity contribution in [2.75, 3.05) is 19.5 Å². The van der Waals surface area contributed by atoms with E-state index in [1.54, 1.807) is 17.6 Å². The maximum absolute atomic E-state index is 5.15. The van der Waals surface area contributed by atoms with Crippen LogP contribution in [-0.2, 0) is 4.74 Å². The predicted molar refractivity (Wildman–Crippen MR) is 64.9 cm³/mol. The zero-order chi connectivity index (χ0) is 9.97. The summed E-state index contributed by atoms with van der Waals surface area (Å²) in [6.45, 7) is 3.19. The molecule has 1 fully saturated rings. The lowest BCUT2D eigenvalue weighted by atomic mass is 9.80. The molecule has 1 nitrogen and oxygen atoms in total. The Morgan fingerprint density at radius 3 is 2.86 bits per heavy atom. The Morgan fingerprint density at radius 1 is 1.50 bits per heavy atom. The van der Waals surface area contributed by atoms with Crippen LogP contribution in [-0.4, -0.2) is 19.5 Å². The number of ether oxygens (including phenoxy) is 1.